The summed E-state index contributed by atoms with van der Waals surface area (Å²) in [6.07, 6.45) is 0.766. The Morgan fingerprint density at radius 2 is 2.00 bits per heavy atom. The Morgan fingerprint density at radius 3 is 2.75 bits per heavy atom. The highest BCUT2D eigenvalue weighted by molar-refractivity contribution is 5.34. The number of anilines is 1. The quantitative estimate of drug-likeness (QED) is 0.852. The van der Waals surface area contributed by atoms with Crippen LogP contribution in [0.2, 0.25) is 0 Å². The van der Waals surface area contributed by atoms with Crippen LogP contribution >= 0.6 is 0 Å². The van der Waals surface area contributed by atoms with E-state index in [1.54, 1.807) is 13.2 Å². The number of rotatable bonds is 3. The number of nitrogens with two attached hydrogens (primary N) is 1. The van der Waals surface area contributed by atoms with Gasteiger partial charge in [0, 0.05) is 12.1 Å². The molecule has 1 aromatic heterocycles. The summed E-state index contributed by atoms with van der Waals surface area (Å²) in [5, 5.41) is 0. The summed E-state index contributed by atoms with van der Waals surface area (Å²) in [7, 11) is 1.66. The summed E-state index contributed by atoms with van der Waals surface area (Å²) in [6.45, 7) is 0. The largest absolute Gasteiger partial charge is 0.497 e. The Balaban J connectivity index is 2.20. The van der Waals surface area contributed by atoms with Crippen LogP contribution in [0.1, 0.15) is 11.3 Å². The first-order valence-electron chi connectivity index (χ1n) is 5.12. The van der Waals surface area contributed by atoms with Gasteiger partial charge in [-0.1, -0.05) is 18.2 Å². The van der Waals surface area contributed by atoms with Gasteiger partial charge in [0.25, 0.3) is 0 Å². The molecule has 2 rings (SSSR count). The average molecular weight is 214 g/mol. The van der Waals surface area contributed by atoms with Crippen LogP contribution in [0.3, 0.4) is 0 Å². The van der Waals surface area contributed by atoms with Crippen LogP contribution in [0.15, 0.2) is 42.5 Å². The predicted octanol–water partition coefficient (Wildman–Crippen LogP) is 2.26. The van der Waals surface area contributed by atoms with Crippen molar-refractivity contribution in [3.63, 3.8) is 0 Å². The number of benzene rings is 1. The standard InChI is InChI=1S/C13H14N2O/c1-16-12-6-2-4-10(9-12)8-11-5-3-7-13(14)15-11/h2-7,9H,8H2,1H3,(H2,14,15). The highest BCUT2D eigenvalue weighted by atomic mass is 16.5. The highest BCUT2D eigenvalue weighted by Crippen LogP contribution is 2.15. The molecule has 0 unspecified atom stereocenters. The van der Waals surface area contributed by atoms with E-state index in [4.69, 9.17) is 10.5 Å². The molecule has 1 aromatic carbocycles. The first-order chi connectivity index (χ1) is 7.78. The van der Waals surface area contributed by atoms with E-state index in [0.29, 0.717) is 5.82 Å². The second-order valence-corrected chi connectivity index (χ2v) is 3.58. The molecule has 0 radical (unpaired) electrons. The Morgan fingerprint density at radius 1 is 1.19 bits per heavy atom. The lowest BCUT2D eigenvalue weighted by Crippen LogP contribution is -1.96. The molecule has 2 aromatic rings. The van der Waals surface area contributed by atoms with Crippen molar-refractivity contribution < 1.29 is 4.74 Å². The van der Waals surface area contributed by atoms with E-state index in [-0.39, 0.29) is 0 Å². The zero-order chi connectivity index (χ0) is 11.4. The summed E-state index contributed by atoms with van der Waals surface area (Å²) in [5.41, 5.74) is 7.76. The molecule has 3 heteroatoms. The van der Waals surface area contributed by atoms with E-state index < -0.39 is 0 Å². The maximum Gasteiger partial charge on any atom is 0.123 e. The van der Waals surface area contributed by atoms with Crippen molar-refractivity contribution in [3.05, 3.63) is 53.7 Å². The number of nitrogens with zero attached hydrogens (tertiary/aromatic N) is 1. The lowest BCUT2D eigenvalue weighted by atomic mass is 10.1. The number of hydrogen-bond donors (Lipinski definition) is 1. The molecule has 0 aliphatic carbocycles. The van der Waals surface area contributed by atoms with Crippen LogP contribution < -0.4 is 10.5 Å². The number of methoxy groups -OCH3 is 1. The fraction of sp³-hybridized carbons (Fsp3) is 0.154. The first-order valence-corrected chi connectivity index (χ1v) is 5.12. The van der Waals surface area contributed by atoms with E-state index in [1.807, 2.05) is 36.4 Å². The number of ether oxygens (including phenoxy) is 1. The third-order valence-electron chi connectivity index (χ3n) is 2.35. The van der Waals surface area contributed by atoms with Crippen molar-refractivity contribution in [2.45, 2.75) is 6.42 Å². The normalized spacial score (nSPS) is 10.1. The van der Waals surface area contributed by atoms with Crippen LogP contribution in [-0.4, -0.2) is 12.1 Å². The third kappa shape index (κ3) is 2.51. The van der Waals surface area contributed by atoms with E-state index in [0.717, 1.165) is 23.4 Å². The number of hydrogen-bond acceptors (Lipinski definition) is 3. The summed E-state index contributed by atoms with van der Waals surface area (Å²) >= 11 is 0. The molecular weight excluding hydrogens is 200 g/mol. The Bertz CT molecular complexity index is 483. The molecule has 0 saturated heterocycles. The van der Waals surface area contributed by atoms with E-state index in [2.05, 4.69) is 4.98 Å². The van der Waals surface area contributed by atoms with E-state index >= 15 is 0 Å². The molecule has 1 heterocycles. The van der Waals surface area contributed by atoms with Gasteiger partial charge in [-0.2, -0.15) is 0 Å². The maximum atomic E-state index is 5.63. The van der Waals surface area contributed by atoms with Crippen LogP contribution in [0.4, 0.5) is 5.82 Å². The zero-order valence-electron chi connectivity index (χ0n) is 9.18. The van der Waals surface area contributed by atoms with Gasteiger partial charge in [0.05, 0.1) is 7.11 Å². The van der Waals surface area contributed by atoms with Gasteiger partial charge in [-0.15, -0.1) is 0 Å². The van der Waals surface area contributed by atoms with Crippen LogP contribution in [0.25, 0.3) is 0 Å². The van der Waals surface area contributed by atoms with Gasteiger partial charge in [-0.05, 0) is 29.8 Å². The molecule has 0 aliphatic rings. The van der Waals surface area contributed by atoms with Gasteiger partial charge >= 0.3 is 0 Å². The second kappa shape index (κ2) is 4.66. The predicted molar refractivity (Wildman–Crippen MR) is 64.4 cm³/mol. The molecule has 0 amide bonds. The van der Waals surface area contributed by atoms with Crippen molar-refractivity contribution in [1.29, 1.82) is 0 Å². The second-order valence-electron chi connectivity index (χ2n) is 3.58. The monoisotopic (exact) mass is 214 g/mol. The van der Waals surface area contributed by atoms with Gasteiger partial charge in [-0.3, -0.25) is 0 Å². The smallest absolute Gasteiger partial charge is 0.123 e. The van der Waals surface area contributed by atoms with Crippen molar-refractivity contribution in [3.8, 4) is 5.75 Å². The van der Waals surface area contributed by atoms with Crippen molar-refractivity contribution >= 4 is 5.82 Å². The highest BCUT2D eigenvalue weighted by Gasteiger charge is 1.99. The SMILES string of the molecule is COc1cccc(Cc2cccc(N)n2)c1. The van der Waals surface area contributed by atoms with Crippen molar-refractivity contribution in [2.24, 2.45) is 0 Å². The molecular formula is C13H14N2O. The van der Waals surface area contributed by atoms with Crippen LogP contribution in [0, 0.1) is 0 Å². The molecule has 0 aliphatic heterocycles. The average Bonchev–Trinajstić information content (AvgIpc) is 2.29. The van der Waals surface area contributed by atoms with Crippen molar-refractivity contribution in [1.82, 2.24) is 4.98 Å². The fourth-order valence-corrected chi connectivity index (χ4v) is 1.59. The first kappa shape index (κ1) is 10.5. The molecule has 16 heavy (non-hydrogen) atoms. The fourth-order valence-electron chi connectivity index (χ4n) is 1.59. The molecule has 2 N–H and O–H groups in total. The van der Waals surface area contributed by atoms with Gasteiger partial charge in [-0.25, -0.2) is 4.98 Å². The summed E-state index contributed by atoms with van der Waals surface area (Å²) in [6, 6.07) is 13.6. The number of nitrogen functional groups attached to an aromatic ring is 1. The molecule has 3 nitrogen and oxygen atoms in total. The maximum absolute atomic E-state index is 5.63. The molecule has 0 fully saturated rings. The Hall–Kier alpha value is -2.03. The minimum absolute atomic E-state index is 0.556. The molecule has 0 atom stereocenters. The topological polar surface area (TPSA) is 48.1 Å². The number of aromatic nitrogens is 1. The lowest BCUT2D eigenvalue weighted by molar-refractivity contribution is 0.414. The Labute approximate surface area is 94.9 Å². The van der Waals surface area contributed by atoms with Gasteiger partial charge in [0.1, 0.15) is 11.6 Å². The van der Waals surface area contributed by atoms with E-state index in [9.17, 15) is 0 Å². The molecule has 82 valence electrons. The van der Waals surface area contributed by atoms with Gasteiger partial charge in [0.2, 0.25) is 0 Å². The number of pyridine rings is 1. The van der Waals surface area contributed by atoms with E-state index in [1.165, 1.54) is 0 Å². The molecule has 0 spiro atoms. The summed E-state index contributed by atoms with van der Waals surface area (Å²) < 4.78 is 5.17. The molecule has 0 bridgehead atoms. The minimum atomic E-state index is 0.556. The van der Waals surface area contributed by atoms with Gasteiger partial charge < -0.3 is 10.5 Å². The van der Waals surface area contributed by atoms with Crippen molar-refractivity contribution in [2.75, 3.05) is 12.8 Å². The third-order valence-corrected chi connectivity index (χ3v) is 2.35. The molecule has 0 saturated carbocycles. The minimum Gasteiger partial charge on any atom is -0.497 e. The zero-order valence-corrected chi connectivity index (χ0v) is 9.18. The summed E-state index contributed by atoms with van der Waals surface area (Å²) in [4.78, 5) is 4.26. The van der Waals surface area contributed by atoms with Crippen LogP contribution in [-0.2, 0) is 6.42 Å². The Kier molecular flexibility index (Phi) is 3.05. The summed E-state index contributed by atoms with van der Waals surface area (Å²) in [5.74, 6) is 1.42. The van der Waals surface area contributed by atoms with Crippen LogP contribution in [0.5, 0.6) is 5.75 Å². The lowest BCUT2D eigenvalue weighted by Gasteiger charge is -2.04. The van der Waals surface area contributed by atoms with Gasteiger partial charge in [0.15, 0.2) is 0 Å².